The molecule has 1 aromatic carbocycles. The lowest BCUT2D eigenvalue weighted by Gasteiger charge is -2.08. The number of methoxy groups -OCH3 is 2. The average Bonchev–Trinajstić information content (AvgIpc) is 2.37. The highest BCUT2D eigenvalue weighted by Gasteiger charge is 2.22. The Balaban J connectivity index is 3.37. The van der Waals surface area contributed by atoms with Crippen molar-refractivity contribution in [3.8, 4) is 5.75 Å². The smallest absolute Gasteiger partial charge is 0.311 e. The molecule has 0 N–H and O–H groups in total. The summed E-state index contributed by atoms with van der Waals surface area (Å²) < 4.78 is 9.39. The van der Waals surface area contributed by atoms with Gasteiger partial charge in [-0.2, -0.15) is 0 Å². The molecule has 1 rings (SSSR count). The predicted molar refractivity (Wildman–Crippen MR) is 60.8 cm³/mol. The molecule has 0 saturated carbocycles. The van der Waals surface area contributed by atoms with Crippen LogP contribution in [0.25, 0.3) is 0 Å². The van der Waals surface area contributed by atoms with E-state index in [4.69, 9.17) is 4.74 Å². The third-order valence-corrected chi connectivity index (χ3v) is 2.27. The summed E-state index contributed by atoms with van der Waals surface area (Å²) in [7, 11) is 2.45. The van der Waals surface area contributed by atoms with Crippen LogP contribution in [-0.4, -0.2) is 31.4 Å². The number of nitro benzene ring substituents is 1. The van der Waals surface area contributed by atoms with E-state index in [2.05, 4.69) is 4.74 Å². The molecule has 1 aromatic rings. The second-order valence-corrected chi connectivity index (χ2v) is 3.36. The Morgan fingerprint density at radius 1 is 1.44 bits per heavy atom. The first-order valence-electron chi connectivity index (χ1n) is 4.90. The van der Waals surface area contributed by atoms with Crippen LogP contribution in [0.3, 0.4) is 0 Å². The first-order chi connectivity index (χ1) is 8.53. The van der Waals surface area contributed by atoms with E-state index in [1.54, 1.807) is 0 Å². The lowest BCUT2D eigenvalue weighted by molar-refractivity contribution is -0.385. The van der Waals surface area contributed by atoms with Crippen molar-refractivity contribution in [3.05, 3.63) is 33.4 Å². The van der Waals surface area contributed by atoms with Gasteiger partial charge >= 0.3 is 11.7 Å². The van der Waals surface area contributed by atoms with E-state index in [0.717, 1.165) is 6.07 Å². The zero-order valence-corrected chi connectivity index (χ0v) is 9.84. The van der Waals surface area contributed by atoms with E-state index in [9.17, 15) is 19.7 Å². The van der Waals surface area contributed by atoms with E-state index in [1.807, 2.05) is 0 Å². The molecule has 7 heteroatoms. The summed E-state index contributed by atoms with van der Waals surface area (Å²) in [5.41, 5.74) is -0.0249. The van der Waals surface area contributed by atoms with Crippen LogP contribution in [0.2, 0.25) is 0 Å². The molecule has 0 atom stereocenters. The van der Waals surface area contributed by atoms with E-state index in [-0.39, 0.29) is 29.0 Å². The fraction of sp³-hybridized carbons (Fsp3) is 0.273. The van der Waals surface area contributed by atoms with Gasteiger partial charge in [0.1, 0.15) is 6.29 Å². The Morgan fingerprint density at radius 3 is 2.56 bits per heavy atom. The monoisotopic (exact) mass is 253 g/mol. The molecule has 0 heterocycles. The molecule has 96 valence electrons. The summed E-state index contributed by atoms with van der Waals surface area (Å²) in [6.45, 7) is 0. The average molecular weight is 253 g/mol. The van der Waals surface area contributed by atoms with Gasteiger partial charge in [-0.3, -0.25) is 19.7 Å². The highest BCUT2D eigenvalue weighted by Crippen LogP contribution is 2.32. The lowest BCUT2D eigenvalue weighted by Crippen LogP contribution is -2.08. The van der Waals surface area contributed by atoms with Gasteiger partial charge < -0.3 is 9.47 Å². The molecule has 0 amide bonds. The van der Waals surface area contributed by atoms with Crippen molar-refractivity contribution in [1.29, 1.82) is 0 Å². The Morgan fingerprint density at radius 2 is 2.11 bits per heavy atom. The summed E-state index contributed by atoms with van der Waals surface area (Å²) in [6, 6.07) is 2.45. The Bertz CT molecular complexity index is 497. The fourth-order valence-corrected chi connectivity index (χ4v) is 1.49. The van der Waals surface area contributed by atoms with Crippen LogP contribution >= 0.6 is 0 Å². The van der Waals surface area contributed by atoms with Crippen LogP contribution in [0, 0.1) is 10.1 Å². The minimum atomic E-state index is -0.674. The van der Waals surface area contributed by atoms with Gasteiger partial charge in [-0.15, -0.1) is 0 Å². The normalized spacial score (nSPS) is 9.67. The van der Waals surface area contributed by atoms with Crippen molar-refractivity contribution in [1.82, 2.24) is 0 Å². The number of esters is 1. The molecule has 18 heavy (non-hydrogen) atoms. The van der Waals surface area contributed by atoms with Gasteiger partial charge in [-0.1, -0.05) is 0 Å². The molecule has 0 aliphatic heterocycles. The molecular formula is C11H11NO6. The topological polar surface area (TPSA) is 95.7 Å². The van der Waals surface area contributed by atoms with E-state index in [0.29, 0.717) is 6.29 Å². The molecule has 7 nitrogen and oxygen atoms in total. The van der Waals surface area contributed by atoms with E-state index in [1.165, 1.54) is 20.3 Å². The van der Waals surface area contributed by atoms with Crippen LogP contribution in [0.1, 0.15) is 15.9 Å². The molecule has 0 fully saturated rings. The van der Waals surface area contributed by atoms with Gasteiger partial charge in [0.05, 0.1) is 25.6 Å². The number of rotatable bonds is 5. The second kappa shape index (κ2) is 5.76. The SMILES string of the molecule is COC(=O)Cc1cc(C=O)cc([N+](=O)[O-])c1OC. The fourth-order valence-electron chi connectivity index (χ4n) is 1.49. The van der Waals surface area contributed by atoms with Gasteiger partial charge in [0.15, 0.2) is 0 Å². The maximum atomic E-state index is 11.2. The number of ether oxygens (including phenoxy) is 2. The molecular weight excluding hydrogens is 242 g/mol. The summed E-state index contributed by atoms with van der Waals surface area (Å²) >= 11 is 0. The van der Waals surface area contributed by atoms with Crippen molar-refractivity contribution in [3.63, 3.8) is 0 Å². The molecule has 0 radical (unpaired) electrons. The Kier molecular flexibility index (Phi) is 4.36. The van der Waals surface area contributed by atoms with Crippen LogP contribution < -0.4 is 4.74 Å². The van der Waals surface area contributed by atoms with Crippen LogP contribution in [0.4, 0.5) is 5.69 Å². The van der Waals surface area contributed by atoms with Gasteiger partial charge in [0.2, 0.25) is 5.75 Å². The summed E-state index contributed by atoms with van der Waals surface area (Å²) in [4.78, 5) is 32.1. The number of hydrogen-bond acceptors (Lipinski definition) is 6. The Hall–Kier alpha value is -2.44. The van der Waals surface area contributed by atoms with Crippen molar-refractivity contribution in [2.75, 3.05) is 14.2 Å². The van der Waals surface area contributed by atoms with Gasteiger partial charge in [0, 0.05) is 17.2 Å². The lowest BCUT2D eigenvalue weighted by atomic mass is 10.1. The third-order valence-electron chi connectivity index (χ3n) is 2.27. The number of nitrogens with zero attached hydrogens (tertiary/aromatic N) is 1. The first kappa shape index (κ1) is 13.6. The quantitative estimate of drug-likeness (QED) is 0.338. The Labute approximate surface area is 102 Å². The highest BCUT2D eigenvalue weighted by molar-refractivity contribution is 5.81. The molecule has 0 aromatic heterocycles. The standard InChI is InChI=1S/C11H11NO6/c1-17-10(14)5-8-3-7(6-13)4-9(12(15)16)11(8)18-2/h3-4,6H,5H2,1-2H3. The maximum absolute atomic E-state index is 11.2. The molecule has 0 aliphatic carbocycles. The van der Waals surface area contributed by atoms with Crippen molar-refractivity contribution in [2.24, 2.45) is 0 Å². The van der Waals surface area contributed by atoms with Crippen LogP contribution in [0.5, 0.6) is 5.75 Å². The predicted octanol–water partition coefficient (Wildman–Crippen LogP) is 1.13. The summed E-state index contributed by atoms with van der Waals surface area (Å²) in [5.74, 6) is -0.623. The van der Waals surface area contributed by atoms with Gasteiger partial charge in [-0.25, -0.2) is 0 Å². The number of hydrogen-bond donors (Lipinski definition) is 0. The van der Waals surface area contributed by atoms with Crippen molar-refractivity contribution >= 4 is 17.9 Å². The third kappa shape index (κ3) is 2.82. The first-order valence-corrected chi connectivity index (χ1v) is 4.90. The van der Waals surface area contributed by atoms with E-state index < -0.39 is 10.9 Å². The van der Waals surface area contributed by atoms with E-state index >= 15 is 0 Å². The number of aldehydes is 1. The summed E-state index contributed by atoms with van der Waals surface area (Å²) in [6.07, 6.45) is 0.259. The number of carbonyl (C=O) groups is 2. The van der Waals surface area contributed by atoms with Crippen LogP contribution in [0.15, 0.2) is 12.1 Å². The molecule has 0 bridgehead atoms. The largest absolute Gasteiger partial charge is 0.490 e. The minimum absolute atomic E-state index is 0.0454. The van der Waals surface area contributed by atoms with Crippen molar-refractivity contribution in [2.45, 2.75) is 6.42 Å². The number of carbonyl (C=O) groups excluding carboxylic acids is 2. The minimum Gasteiger partial charge on any atom is -0.490 e. The number of benzene rings is 1. The molecule has 0 spiro atoms. The number of nitro groups is 1. The zero-order valence-electron chi connectivity index (χ0n) is 9.84. The maximum Gasteiger partial charge on any atom is 0.311 e. The highest BCUT2D eigenvalue weighted by atomic mass is 16.6. The van der Waals surface area contributed by atoms with Crippen molar-refractivity contribution < 1.29 is 24.0 Å². The molecule has 0 unspecified atom stereocenters. The van der Waals surface area contributed by atoms with Gasteiger partial charge in [-0.05, 0) is 6.07 Å². The summed E-state index contributed by atoms with van der Waals surface area (Å²) in [5, 5.41) is 10.8. The van der Waals surface area contributed by atoms with Gasteiger partial charge in [0.25, 0.3) is 0 Å². The van der Waals surface area contributed by atoms with Crippen LogP contribution in [-0.2, 0) is 16.0 Å². The second-order valence-electron chi connectivity index (χ2n) is 3.36. The zero-order chi connectivity index (χ0) is 13.7. The molecule has 0 saturated heterocycles. The molecule has 0 aliphatic rings.